The van der Waals surface area contributed by atoms with E-state index in [1.807, 2.05) is 63.7 Å². The number of nitrogens with zero attached hydrogens (tertiary/aromatic N) is 4. The van der Waals surface area contributed by atoms with Crippen LogP contribution < -0.4 is 19.5 Å². The smallest absolute Gasteiger partial charge is 0.429 e. The maximum Gasteiger partial charge on any atom is 0.429 e. The summed E-state index contributed by atoms with van der Waals surface area (Å²) in [4.78, 5) is 24.6. The Labute approximate surface area is 258 Å². The van der Waals surface area contributed by atoms with Crippen LogP contribution in [0.3, 0.4) is 0 Å². The molecular weight excluding hydrogens is 583 g/mol. The number of ether oxygens (including phenoxy) is 4. The molecule has 2 amide bonds. The number of methoxy groups -OCH3 is 2. The van der Waals surface area contributed by atoms with Crippen molar-refractivity contribution in [3.8, 4) is 11.5 Å². The number of hydrogen-bond donors (Lipinski definition) is 0. The van der Waals surface area contributed by atoms with Crippen molar-refractivity contribution in [1.82, 2.24) is 10.0 Å². The second-order valence-corrected chi connectivity index (χ2v) is 12.6. The van der Waals surface area contributed by atoms with Crippen molar-refractivity contribution < 1.29 is 28.5 Å². The molecule has 2 saturated heterocycles. The third kappa shape index (κ3) is 8.88. The maximum absolute atomic E-state index is 12.3. The molecule has 2 aliphatic heterocycles. The first-order valence-electron chi connectivity index (χ1n) is 13.9. The summed E-state index contributed by atoms with van der Waals surface area (Å²) in [5, 5.41) is 8.02. The average Bonchev–Trinajstić information content (AvgIpc) is 3.58. The molecule has 0 spiro atoms. The van der Waals surface area contributed by atoms with Crippen LogP contribution >= 0.6 is 23.2 Å². The van der Waals surface area contributed by atoms with E-state index in [1.165, 1.54) is 0 Å². The third-order valence-electron chi connectivity index (χ3n) is 6.13. The molecule has 12 heteroatoms. The molecule has 0 bridgehead atoms. The normalized spacial score (nSPS) is 15.3. The van der Waals surface area contributed by atoms with Crippen molar-refractivity contribution in [2.24, 2.45) is 0 Å². The number of rotatable bonds is 4. The lowest BCUT2D eigenvalue weighted by atomic mass is 10.2. The molecule has 0 aliphatic carbocycles. The van der Waals surface area contributed by atoms with Gasteiger partial charge in [0.2, 0.25) is 0 Å². The molecule has 2 heterocycles. The van der Waals surface area contributed by atoms with Gasteiger partial charge in [-0.2, -0.15) is 0 Å². The summed E-state index contributed by atoms with van der Waals surface area (Å²) in [5.74, 6) is 1.40. The number of benzene rings is 2. The van der Waals surface area contributed by atoms with E-state index in [1.54, 1.807) is 48.5 Å². The molecule has 4 rings (SSSR count). The van der Waals surface area contributed by atoms with E-state index in [-0.39, 0.29) is 12.2 Å². The van der Waals surface area contributed by atoms with Crippen LogP contribution in [0.15, 0.2) is 36.4 Å². The monoisotopic (exact) mass is 624 g/mol. The quantitative estimate of drug-likeness (QED) is 0.347. The Kier molecular flexibility index (Phi) is 10.9. The summed E-state index contributed by atoms with van der Waals surface area (Å²) in [6.45, 7) is 13.8. The Hall–Kier alpha value is -3.24. The van der Waals surface area contributed by atoms with Gasteiger partial charge >= 0.3 is 12.2 Å². The number of hydrogen-bond acceptors (Lipinski definition) is 8. The number of amides is 2. The van der Waals surface area contributed by atoms with Gasteiger partial charge in [-0.05, 0) is 78.6 Å². The highest BCUT2D eigenvalue weighted by atomic mass is 35.5. The predicted octanol–water partition coefficient (Wildman–Crippen LogP) is 7.42. The van der Waals surface area contributed by atoms with Crippen molar-refractivity contribution >= 4 is 46.8 Å². The molecule has 2 fully saturated rings. The van der Waals surface area contributed by atoms with Crippen molar-refractivity contribution in [1.29, 1.82) is 0 Å². The van der Waals surface area contributed by atoms with Gasteiger partial charge in [-0.1, -0.05) is 23.2 Å². The average molecular weight is 626 g/mol. The number of hydrazine groups is 2. The van der Waals surface area contributed by atoms with Gasteiger partial charge in [0.25, 0.3) is 0 Å². The van der Waals surface area contributed by atoms with Crippen molar-refractivity contribution in [2.45, 2.75) is 65.6 Å². The highest BCUT2D eigenvalue weighted by molar-refractivity contribution is 6.33. The Morgan fingerprint density at radius 2 is 1.00 bits per heavy atom. The van der Waals surface area contributed by atoms with Crippen LogP contribution in [0.25, 0.3) is 0 Å². The van der Waals surface area contributed by atoms with E-state index < -0.39 is 11.2 Å². The molecule has 0 unspecified atom stereocenters. The molecule has 2 aromatic rings. The van der Waals surface area contributed by atoms with Crippen molar-refractivity contribution in [3.63, 3.8) is 0 Å². The Bertz CT molecular complexity index is 1150. The van der Waals surface area contributed by atoms with Crippen LogP contribution in [-0.4, -0.2) is 73.8 Å². The van der Waals surface area contributed by atoms with Gasteiger partial charge in [0.15, 0.2) is 0 Å². The summed E-state index contributed by atoms with van der Waals surface area (Å²) in [7, 11) is 3.20. The molecular formula is C30H42Cl2N4O6. The van der Waals surface area contributed by atoms with Gasteiger partial charge in [-0.3, -0.25) is 10.0 Å². The van der Waals surface area contributed by atoms with Crippen LogP contribution in [-0.2, 0) is 9.47 Å². The number of anilines is 2. The van der Waals surface area contributed by atoms with Gasteiger partial charge in [0, 0.05) is 38.3 Å². The zero-order valence-corrected chi connectivity index (χ0v) is 27.2. The molecule has 2 aromatic carbocycles. The van der Waals surface area contributed by atoms with Gasteiger partial charge in [-0.15, -0.1) is 0 Å². The molecule has 2 aliphatic rings. The second-order valence-electron chi connectivity index (χ2n) is 11.8. The SMILES string of the molecule is COc1ccc(Cl)c(N2CCCN2C(=O)OC(C)(C)C)c1.COc1ccc(Cl)c(N2CCCN2C(=O)OC(C)(C)C)c1. The fraction of sp³-hybridized carbons (Fsp3) is 0.533. The standard InChI is InChI=1S/2C15H21ClN2O3/c2*1-15(2,3)21-14(19)18-9-5-8-17(18)13-10-11(20-4)6-7-12(13)16/h2*6-7,10H,5,8-9H2,1-4H3. The summed E-state index contributed by atoms with van der Waals surface area (Å²) in [5.41, 5.74) is 0.450. The second kappa shape index (κ2) is 13.8. The molecule has 232 valence electrons. The van der Waals surface area contributed by atoms with Gasteiger partial charge in [0.05, 0.1) is 35.6 Å². The first kappa shape index (κ1) is 33.3. The molecule has 42 heavy (non-hydrogen) atoms. The minimum Gasteiger partial charge on any atom is -0.497 e. The zero-order valence-electron chi connectivity index (χ0n) is 25.7. The van der Waals surface area contributed by atoms with E-state index >= 15 is 0 Å². The maximum atomic E-state index is 12.3. The highest BCUT2D eigenvalue weighted by Crippen LogP contribution is 2.35. The third-order valence-corrected chi connectivity index (χ3v) is 6.77. The van der Waals surface area contributed by atoms with E-state index in [2.05, 4.69) is 0 Å². The summed E-state index contributed by atoms with van der Waals surface area (Å²) in [6.07, 6.45) is 1.01. The Morgan fingerprint density at radius 3 is 1.31 bits per heavy atom. The van der Waals surface area contributed by atoms with Gasteiger partial charge in [-0.25, -0.2) is 19.6 Å². The molecule has 0 N–H and O–H groups in total. The van der Waals surface area contributed by atoms with E-state index in [4.69, 9.17) is 42.1 Å². The Balaban J connectivity index is 0.000000230. The van der Waals surface area contributed by atoms with Crippen LogP contribution in [0, 0.1) is 0 Å². The van der Waals surface area contributed by atoms with E-state index in [0.717, 1.165) is 24.2 Å². The number of halogens is 2. The minimum absolute atomic E-state index is 0.362. The zero-order chi connectivity index (χ0) is 31.2. The Morgan fingerprint density at radius 1 is 0.643 bits per heavy atom. The molecule has 0 saturated carbocycles. The lowest BCUT2D eigenvalue weighted by Gasteiger charge is -2.32. The predicted molar refractivity (Wildman–Crippen MR) is 166 cm³/mol. The molecule has 10 nitrogen and oxygen atoms in total. The van der Waals surface area contributed by atoms with Crippen LogP contribution in [0.1, 0.15) is 54.4 Å². The van der Waals surface area contributed by atoms with Crippen molar-refractivity contribution in [2.75, 3.05) is 50.4 Å². The fourth-order valence-corrected chi connectivity index (χ4v) is 4.80. The largest absolute Gasteiger partial charge is 0.497 e. The topological polar surface area (TPSA) is 84.0 Å². The first-order valence-corrected chi connectivity index (χ1v) is 14.6. The summed E-state index contributed by atoms with van der Waals surface area (Å²) < 4.78 is 21.3. The van der Waals surface area contributed by atoms with Gasteiger partial charge < -0.3 is 18.9 Å². The fourth-order valence-electron chi connectivity index (χ4n) is 4.37. The summed E-state index contributed by atoms with van der Waals surface area (Å²) >= 11 is 12.5. The summed E-state index contributed by atoms with van der Waals surface area (Å²) in [6, 6.07) is 10.8. The van der Waals surface area contributed by atoms with E-state index in [0.29, 0.717) is 47.7 Å². The van der Waals surface area contributed by atoms with Crippen LogP contribution in [0.5, 0.6) is 11.5 Å². The minimum atomic E-state index is -0.524. The van der Waals surface area contributed by atoms with E-state index in [9.17, 15) is 9.59 Å². The highest BCUT2D eigenvalue weighted by Gasteiger charge is 2.33. The number of carbonyl (C=O) groups excluding carboxylic acids is 2. The molecule has 0 aromatic heterocycles. The molecule has 0 radical (unpaired) electrons. The van der Waals surface area contributed by atoms with Crippen LogP contribution in [0.4, 0.5) is 21.0 Å². The van der Waals surface area contributed by atoms with Gasteiger partial charge in [0.1, 0.15) is 22.7 Å². The van der Waals surface area contributed by atoms with Crippen LogP contribution in [0.2, 0.25) is 10.0 Å². The molecule has 0 atom stereocenters. The lowest BCUT2D eigenvalue weighted by Crippen LogP contribution is -2.44. The van der Waals surface area contributed by atoms with Crippen molar-refractivity contribution in [3.05, 3.63) is 46.4 Å². The number of carbonyl (C=O) groups is 2. The first-order chi connectivity index (χ1) is 19.6. The lowest BCUT2D eigenvalue weighted by molar-refractivity contribution is 0.0263.